The summed E-state index contributed by atoms with van der Waals surface area (Å²) in [6.45, 7) is 10.1. The Morgan fingerprint density at radius 2 is 1.66 bits per heavy atom. The molecule has 0 spiro atoms. The molecular formula is C23H38N4O4S. The minimum absolute atomic E-state index is 0.152. The summed E-state index contributed by atoms with van der Waals surface area (Å²) < 4.78 is 33.2. The van der Waals surface area contributed by atoms with Gasteiger partial charge in [-0.3, -0.25) is 4.79 Å². The summed E-state index contributed by atoms with van der Waals surface area (Å²) in [5.41, 5.74) is 0.264. The lowest BCUT2D eigenvalue weighted by Gasteiger charge is -2.33. The summed E-state index contributed by atoms with van der Waals surface area (Å²) in [6.07, 6.45) is 4.70. The van der Waals surface area contributed by atoms with Gasteiger partial charge >= 0.3 is 0 Å². The normalized spacial score (nSPS) is 19.4. The Morgan fingerprint density at radius 3 is 2.28 bits per heavy atom. The molecule has 1 aromatic carbocycles. The number of nitrogens with one attached hydrogen (secondary N) is 1. The van der Waals surface area contributed by atoms with Crippen molar-refractivity contribution in [1.82, 2.24) is 19.4 Å². The van der Waals surface area contributed by atoms with Crippen LogP contribution in [0.25, 0.3) is 0 Å². The molecule has 2 aliphatic rings. The highest BCUT2D eigenvalue weighted by Crippen LogP contribution is 2.26. The lowest BCUT2D eigenvalue weighted by Crippen LogP contribution is -2.46. The summed E-state index contributed by atoms with van der Waals surface area (Å²) in [5.74, 6) is 0.0820. The van der Waals surface area contributed by atoms with Crippen molar-refractivity contribution in [3.05, 3.63) is 23.8 Å². The fourth-order valence-electron chi connectivity index (χ4n) is 4.39. The van der Waals surface area contributed by atoms with E-state index in [9.17, 15) is 13.2 Å². The minimum atomic E-state index is -3.63. The van der Waals surface area contributed by atoms with Gasteiger partial charge in [-0.2, -0.15) is 4.31 Å². The molecule has 1 aromatic rings. The number of carbonyl (C=O) groups is 1. The molecule has 1 N–H and O–H groups in total. The van der Waals surface area contributed by atoms with Crippen LogP contribution in [0.2, 0.25) is 0 Å². The van der Waals surface area contributed by atoms with Crippen LogP contribution in [0, 0.1) is 0 Å². The summed E-state index contributed by atoms with van der Waals surface area (Å²) in [7, 11) is -2.13. The first-order chi connectivity index (χ1) is 15.5. The number of benzene rings is 1. The van der Waals surface area contributed by atoms with Crippen LogP contribution >= 0.6 is 0 Å². The maximum absolute atomic E-state index is 13.1. The fourth-order valence-corrected chi connectivity index (χ4v) is 5.93. The Hall–Kier alpha value is -1.68. The lowest BCUT2D eigenvalue weighted by atomic mass is 10.2. The monoisotopic (exact) mass is 466 g/mol. The number of nitrogens with zero attached hydrogens (tertiary/aromatic N) is 3. The third kappa shape index (κ3) is 6.43. The average Bonchev–Trinajstić information content (AvgIpc) is 3.12. The van der Waals surface area contributed by atoms with Crippen molar-refractivity contribution >= 4 is 15.9 Å². The van der Waals surface area contributed by atoms with Crippen molar-refractivity contribution in [2.24, 2.45) is 0 Å². The molecule has 0 aromatic heterocycles. The third-order valence-electron chi connectivity index (χ3n) is 6.47. The van der Waals surface area contributed by atoms with E-state index in [0.29, 0.717) is 25.4 Å². The zero-order valence-corrected chi connectivity index (χ0v) is 20.3. The molecular weight excluding hydrogens is 428 g/mol. The van der Waals surface area contributed by atoms with E-state index in [0.717, 1.165) is 71.4 Å². The number of piperazine rings is 1. The number of hydrogen-bond donors (Lipinski definition) is 1. The zero-order valence-electron chi connectivity index (χ0n) is 19.5. The molecule has 1 amide bonds. The quantitative estimate of drug-likeness (QED) is 0.561. The van der Waals surface area contributed by atoms with Gasteiger partial charge in [0, 0.05) is 45.8 Å². The van der Waals surface area contributed by atoms with Crippen molar-refractivity contribution in [2.75, 3.05) is 66.0 Å². The Balaban J connectivity index is 1.59. The standard InChI is InChI=1S/C23H38N4O4S/c1-3-25-15-17-26(18-16-25)12-8-11-24-23(28)21-19-20(9-10-22(21)31-2)32(29,30)27-13-6-4-5-7-14-27/h9-10,19H,3-8,11-18H2,1-2H3,(H,24,28). The first kappa shape index (κ1) is 25.0. The van der Waals surface area contributed by atoms with Gasteiger partial charge < -0.3 is 19.9 Å². The molecule has 0 radical (unpaired) electrons. The van der Waals surface area contributed by atoms with Gasteiger partial charge in [0.05, 0.1) is 17.6 Å². The number of carbonyl (C=O) groups excluding carboxylic acids is 1. The van der Waals surface area contributed by atoms with Crippen LogP contribution in [0.3, 0.4) is 0 Å². The molecule has 2 aliphatic heterocycles. The Kier molecular flexibility index (Phi) is 9.34. The third-order valence-corrected chi connectivity index (χ3v) is 8.36. The van der Waals surface area contributed by atoms with E-state index in [1.807, 2.05) is 0 Å². The van der Waals surface area contributed by atoms with Crippen LogP contribution < -0.4 is 10.1 Å². The molecule has 2 saturated heterocycles. The number of rotatable bonds is 9. The minimum Gasteiger partial charge on any atom is -0.496 e. The van der Waals surface area contributed by atoms with Crippen LogP contribution in [0.4, 0.5) is 0 Å². The highest BCUT2D eigenvalue weighted by atomic mass is 32.2. The zero-order chi connectivity index (χ0) is 23.0. The highest BCUT2D eigenvalue weighted by molar-refractivity contribution is 7.89. The van der Waals surface area contributed by atoms with Gasteiger partial charge in [0.15, 0.2) is 0 Å². The van der Waals surface area contributed by atoms with Crippen LogP contribution in [0.5, 0.6) is 5.75 Å². The van der Waals surface area contributed by atoms with E-state index in [1.165, 1.54) is 19.2 Å². The topological polar surface area (TPSA) is 82.2 Å². The number of amides is 1. The van der Waals surface area contributed by atoms with E-state index in [2.05, 4.69) is 22.0 Å². The number of ether oxygens (including phenoxy) is 1. The van der Waals surface area contributed by atoms with Crippen molar-refractivity contribution in [3.63, 3.8) is 0 Å². The molecule has 0 unspecified atom stereocenters. The van der Waals surface area contributed by atoms with Gasteiger partial charge in [0.2, 0.25) is 10.0 Å². The largest absolute Gasteiger partial charge is 0.496 e. The molecule has 0 aliphatic carbocycles. The van der Waals surface area contributed by atoms with Crippen molar-refractivity contribution in [3.8, 4) is 5.75 Å². The van der Waals surface area contributed by atoms with E-state index in [1.54, 1.807) is 10.4 Å². The molecule has 0 saturated carbocycles. The van der Waals surface area contributed by atoms with Crippen molar-refractivity contribution in [2.45, 2.75) is 43.9 Å². The van der Waals surface area contributed by atoms with E-state index in [-0.39, 0.29) is 16.4 Å². The molecule has 180 valence electrons. The molecule has 0 atom stereocenters. The van der Waals surface area contributed by atoms with E-state index in [4.69, 9.17) is 4.74 Å². The van der Waals surface area contributed by atoms with E-state index >= 15 is 0 Å². The number of likely N-dealkylation sites (N-methyl/N-ethyl adjacent to an activating group) is 1. The Bertz CT molecular complexity index is 846. The Morgan fingerprint density at radius 1 is 1.00 bits per heavy atom. The first-order valence-electron chi connectivity index (χ1n) is 11.9. The summed E-state index contributed by atoms with van der Waals surface area (Å²) >= 11 is 0. The fraction of sp³-hybridized carbons (Fsp3) is 0.696. The second-order valence-electron chi connectivity index (χ2n) is 8.57. The van der Waals surface area contributed by atoms with Gasteiger partial charge in [-0.05, 0) is 50.6 Å². The summed E-state index contributed by atoms with van der Waals surface area (Å²) in [6, 6.07) is 4.57. The molecule has 2 heterocycles. The second kappa shape index (κ2) is 12.0. The highest BCUT2D eigenvalue weighted by Gasteiger charge is 2.27. The SMILES string of the molecule is CCN1CCN(CCCNC(=O)c2cc(S(=O)(=O)N3CCCCCC3)ccc2OC)CC1. The second-order valence-corrected chi connectivity index (χ2v) is 10.5. The van der Waals surface area contributed by atoms with Gasteiger partial charge in [0.1, 0.15) is 5.75 Å². The van der Waals surface area contributed by atoms with Gasteiger partial charge in [0.25, 0.3) is 5.91 Å². The maximum Gasteiger partial charge on any atom is 0.255 e. The lowest BCUT2D eigenvalue weighted by molar-refractivity contribution is 0.0945. The molecule has 32 heavy (non-hydrogen) atoms. The molecule has 0 bridgehead atoms. The summed E-state index contributed by atoms with van der Waals surface area (Å²) in [4.78, 5) is 17.9. The molecule has 2 fully saturated rings. The number of hydrogen-bond acceptors (Lipinski definition) is 6. The number of methoxy groups -OCH3 is 1. The Labute approximate surface area is 192 Å². The smallest absolute Gasteiger partial charge is 0.255 e. The van der Waals surface area contributed by atoms with E-state index < -0.39 is 10.0 Å². The predicted molar refractivity (Wildman–Crippen MR) is 126 cm³/mol. The molecule has 9 heteroatoms. The van der Waals surface area contributed by atoms with Gasteiger partial charge in [-0.1, -0.05) is 19.8 Å². The number of sulfonamides is 1. The predicted octanol–water partition coefficient (Wildman–Crippen LogP) is 2.02. The van der Waals surface area contributed by atoms with Crippen LogP contribution in [-0.2, 0) is 10.0 Å². The maximum atomic E-state index is 13.1. The van der Waals surface area contributed by atoms with Crippen LogP contribution in [0.1, 0.15) is 49.4 Å². The summed E-state index contributed by atoms with van der Waals surface area (Å²) in [5, 5.41) is 2.94. The molecule has 8 nitrogen and oxygen atoms in total. The van der Waals surface area contributed by atoms with Gasteiger partial charge in [-0.15, -0.1) is 0 Å². The van der Waals surface area contributed by atoms with Crippen LogP contribution in [-0.4, -0.2) is 94.4 Å². The van der Waals surface area contributed by atoms with Gasteiger partial charge in [-0.25, -0.2) is 8.42 Å². The van der Waals surface area contributed by atoms with Crippen molar-refractivity contribution in [1.29, 1.82) is 0 Å². The average molecular weight is 467 g/mol. The first-order valence-corrected chi connectivity index (χ1v) is 13.3. The molecule has 3 rings (SSSR count). The van der Waals surface area contributed by atoms with Crippen molar-refractivity contribution < 1.29 is 17.9 Å². The van der Waals surface area contributed by atoms with Crippen LogP contribution in [0.15, 0.2) is 23.1 Å².